The van der Waals surface area contributed by atoms with Gasteiger partial charge in [0.25, 0.3) is 0 Å². The lowest BCUT2D eigenvalue weighted by Gasteiger charge is -2.38. The first kappa shape index (κ1) is 17.8. The van der Waals surface area contributed by atoms with Crippen molar-refractivity contribution in [2.24, 2.45) is 5.41 Å². The summed E-state index contributed by atoms with van der Waals surface area (Å²) in [7, 11) is 4.11. The van der Waals surface area contributed by atoms with Crippen molar-refractivity contribution < 1.29 is 0 Å². The first-order chi connectivity index (χ1) is 10.8. The Kier molecular flexibility index (Phi) is 5.72. The molecule has 0 unspecified atom stereocenters. The summed E-state index contributed by atoms with van der Waals surface area (Å²) < 4.78 is 0. The Labute approximate surface area is 145 Å². The van der Waals surface area contributed by atoms with E-state index in [9.17, 15) is 0 Å². The van der Waals surface area contributed by atoms with Crippen molar-refractivity contribution in [2.45, 2.75) is 20.3 Å². The summed E-state index contributed by atoms with van der Waals surface area (Å²) in [6.45, 7) is 11.0. The topological polar surface area (TPSA) is 15.3 Å². The van der Waals surface area contributed by atoms with Gasteiger partial charge in [0.05, 0.1) is 0 Å². The van der Waals surface area contributed by atoms with Crippen LogP contribution in [0.25, 0.3) is 5.70 Å². The van der Waals surface area contributed by atoms with E-state index in [1.807, 2.05) is 31.3 Å². The second-order valence-electron chi connectivity index (χ2n) is 6.93. The standard InChI is InChI=1S/C20H27ClN2/c1-15(11-17-9-10-23(5)14-20(17,2)3)12-19(22-4)16-7-6-8-18(21)13-16/h6-8,11-13,22H,1,9-10,14H2,2-5H3/b17-11+,19-12-. The normalized spacial score (nSPS) is 20.6. The maximum Gasteiger partial charge on any atom is 0.0417 e. The van der Waals surface area contributed by atoms with Crippen molar-refractivity contribution in [3.63, 3.8) is 0 Å². The van der Waals surface area contributed by atoms with E-state index < -0.39 is 0 Å². The Morgan fingerprint density at radius 2 is 2.13 bits per heavy atom. The van der Waals surface area contributed by atoms with Gasteiger partial charge in [-0.25, -0.2) is 0 Å². The van der Waals surface area contributed by atoms with E-state index in [2.05, 4.69) is 49.8 Å². The molecule has 1 N–H and O–H groups in total. The van der Waals surface area contributed by atoms with Gasteiger partial charge in [-0.05, 0) is 48.2 Å². The Morgan fingerprint density at radius 1 is 1.39 bits per heavy atom. The van der Waals surface area contributed by atoms with Crippen molar-refractivity contribution in [2.75, 3.05) is 27.2 Å². The van der Waals surface area contributed by atoms with E-state index in [1.54, 1.807) is 0 Å². The zero-order valence-electron chi connectivity index (χ0n) is 14.6. The van der Waals surface area contributed by atoms with Crippen molar-refractivity contribution in [3.8, 4) is 0 Å². The SMILES string of the molecule is C=C(/C=C(\NC)c1cccc(Cl)c1)/C=C1\CCN(C)CC1(C)C. The van der Waals surface area contributed by atoms with Crippen molar-refractivity contribution in [1.29, 1.82) is 0 Å². The van der Waals surface area contributed by atoms with Gasteiger partial charge in [-0.3, -0.25) is 0 Å². The number of piperidine rings is 1. The minimum atomic E-state index is 0.194. The van der Waals surface area contributed by atoms with Crippen molar-refractivity contribution in [3.05, 3.63) is 64.7 Å². The van der Waals surface area contributed by atoms with Gasteiger partial charge >= 0.3 is 0 Å². The Balaban J connectivity index is 2.23. The molecule has 0 spiro atoms. The number of rotatable bonds is 4. The monoisotopic (exact) mass is 330 g/mol. The highest BCUT2D eigenvalue weighted by Crippen LogP contribution is 2.34. The number of hydrogen-bond acceptors (Lipinski definition) is 2. The number of hydrogen-bond donors (Lipinski definition) is 1. The molecule has 1 aromatic rings. The fourth-order valence-corrected chi connectivity index (χ4v) is 3.37. The van der Waals surface area contributed by atoms with Crippen LogP contribution in [0, 0.1) is 5.41 Å². The molecule has 0 aromatic heterocycles. The summed E-state index contributed by atoms with van der Waals surface area (Å²) in [4.78, 5) is 2.39. The highest BCUT2D eigenvalue weighted by atomic mass is 35.5. The summed E-state index contributed by atoms with van der Waals surface area (Å²) in [6, 6.07) is 7.86. The van der Waals surface area contributed by atoms with E-state index in [0.29, 0.717) is 0 Å². The molecule has 1 fully saturated rings. The lowest BCUT2D eigenvalue weighted by Crippen LogP contribution is -2.39. The molecule has 0 saturated carbocycles. The van der Waals surface area contributed by atoms with Gasteiger partial charge in [-0.1, -0.05) is 55.8 Å². The van der Waals surface area contributed by atoms with E-state index >= 15 is 0 Å². The zero-order valence-corrected chi connectivity index (χ0v) is 15.4. The zero-order chi connectivity index (χ0) is 17.0. The number of allylic oxidation sites excluding steroid dienone is 3. The molecule has 2 rings (SSSR count). The number of benzene rings is 1. The number of halogens is 1. The molecule has 2 nitrogen and oxygen atoms in total. The van der Waals surface area contributed by atoms with Crippen LogP contribution in [0.5, 0.6) is 0 Å². The molecule has 23 heavy (non-hydrogen) atoms. The number of nitrogens with one attached hydrogen (secondary N) is 1. The van der Waals surface area contributed by atoms with E-state index in [0.717, 1.165) is 41.4 Å². The number of nitrogens with zero attached hydrogens (tertiary/aromatic N) is 1. The van der Waals surface area contributed by atoms with E-state index in [4.69, 9.17) is 11.6 Å². The minimum absolute atomic E-state index is 0.194. The van der Waals surface area contributed by atoms with E-state index in [-0.39, 0.29) is 5.41 Å². The van der Waals surface area contributed by atoms with Crippen molar-refractivity contribution >= 4 is 17.3 Å². The van der Waals surface area contributed by atoms with Gasteiger partial charge in [0.2, 0.25) is 0 Å². The molecule has 0 bridgehead atoms. The third kappa shape index (κ3) is 4.73. The molecule has 1 aliphatic rings. The smallest absolute Gasteiger partial charge is 0.0417 e. The Morgan fingerprint density at radius 3 is 2.74 bits per heavy atom. The Hall–Kier alpha value is -1.51. The molecular formula is C20H27ClN2. The molecule has 1 aromatic carbocycles. The van der Waals surface area contributed by atoms with E-state index in [1.165, 1.54) is 5.57 Å². The summed E-state index contributed by atoms with van der Waals surface area (Å²) in [5.74, 6) is 0. The van der Waals surface area contributed by atoms with Gasteiger partial charge in [0.15, 0.2) is 0 Å². The summed E-state index contributed by atoms with van der Waals surface area (Å²) in [5, 5.41) is 3.99. The highest BCUT2D eigenvalue weighted by molar-refractivity contribution is 6.30. The molecule has 0 amide bonds. The molecule has 0 atom stereocenters. The average Bonchev–Trinajstić information content (AvgIpc) is 2.47. The van der Waals surface area contributed by atoms with Crippen LogP contribution < -0.4 is 5.32 Å². The van der Waals surface area contributed by atoms with Gasteiger partial charge in [-0.2, -0.15) is 0 Å². The molecule has 1 heterocycles. The van der Waals surface area contributed by atoms with Crippen LogP contribution in [0.3, 0.4) is 0 Å². The average molecular weight is 331 g/mol. The molecule has 3 heteroatoms. The van der Waals surface area contributed by atoms with Crippen LogP contribution >= 0.6 is 11.6 Å². The van der Waals surface area contributed by atoms with Crippen molar-refractivity contribution in [1.82, 2.24) is 10.2 Å². The quantitative estimate of drug-likeness (QED) is 0.802. The number of likely N-dealkylation sites (tertiary alicyclic amines) is 1. The van der Waals surface area contributed by atoms with Crippen LogP contribution in [0.15, 0.2) is 54.1 Å². The van der Waals surface area contributed by atoms with Gasteiger partial charge in [0.1, 0.15) is 0 Å². The molecule has 0 radical (unpaired) electrons. The molecule has 124 valence electrons. The third-order valence-corrected chi connectivity index (χ3v) is 4.63. The second-order valence-corrected chi connectivity index (χ2v) is 7.37. The fourth-order valence-electron chi connectivity index (χ4n) is 3.18. The first-order valence-electron chi connectivity index (χ1n) is 8.06. The maximum atomic E-state index is 6.10. The van der Waals surface area contributed by atoms with Gasteiger partial charge in [0, 0.05) is 30.9 Å². The predicted molar refractivity (Wildman–Crippen MR) is 102 cm³/mol. The third-order valence-electron chi connectivity index (χ3n) is 4.39. The largest absolute Gasteiger partial charge is 0.388 e. The molecule has 1 saturated heterocycles. The summed E-state index contributed by atoms with van der Waals surface area (Å²) >= 11 is 6.10. The predicted octanol–water partition coefficient (Wildman–Crippen LogP) is 4.74. The lowest BCUT2D eigenvalue weighted by atomic mass is 9.78. The maximum absolute atomic E-state index is 6.10. The van der Waals surface area contributed by atoms with Gasteiger partial charge in [-0.15, -0.1) is 0 Å². The molecular weight excluding hydrogens is 304 g/mol. The van der Waals surface area contributed by atoms with Crippen LogP contribution in [0.2, 0.25) is 5.02 Å². The van der Waals surface area contributed by atoms with Crippen LogP contribution in [0.4, 0.5) is 0 Å². The second kappa shape index (κ2) is 7.37. The van der Waals surface area contributed by atoms with Crippen LogP contribution in [-0.2, 0) is 0 Å². The van der Waals surface area contributed by atoms with Crippen LogP contribution in [0.1, 0.15) is 25.8 Å². The lowest BCUT2D eigenvalue weighted by molar-refractivity contribution is 0.199. The molecule has 1 aliphatic heterocycles. The van der Waals surface area contributed by atoms with Crippen LogP contribution in [-0.4, -0.2) is 32.1 Å². The Bertz CT molecular complexity index is 641. The highest BCUT2D eigenvalue weighted by Gasteiger charge is 2.29. The fraction of sp³-hybridized carbons (Fsp3) is 0.400. The summed E-state index contributed by atoms with van der Waals surface area (Å²) in [6.07, 6.45) is 5.43. The van der Waals surface area contributed by atoms with Gasteiger partial charge < -0.3 is 10.2 Å². The first-order valence-corrected chi connectivity index (χ1v) is 8.43. The molecule has 0 aliphatic carbocycles. The minimum Gasteiger partial charge on any atom is -0.388 e. The summed E-state index contributed by atoms with van der Waals surface area (Å²) in [5.41, 5.74) is 4.78.